The van der Waals surface area contributed by atoms with Gasteiger partial charge in [-0.15, -0.1) is 0 Å². The molecule has 3 aromatic rings. The predicted octanol–water partition coefficient (Wildman–Crippen LogP) is 3.43. The standard InChI is InChI=1S/C24H21N3O3/c28-22(25-19-11-5-8-16-7-1-2-9-17(16)19)15-27-20-12-4-3-10-18(20)23(29)26-14-6-13-21(26)24(27)30/h1-5,7-12,21H,6,13-15H2,(H,25,28)/t21-/m1/s1. The van der Waals surface area contributed by atoms with Crippen LogP contribution in [0.2, 0.25) is 0 Å². The fourth-order valence-corrected chi connectivity index (χ4v) is 4.44. The van der Waals surface area contributed by atoms with Gasteiger partial charge in [-0.1, -0.05) is 48.5 Å². The number of nitrogens with one attached hydrogen (secondary N) is 1. The zero-order valence-corrected chi connectivity index (χ0v) is 16.4. The van der Waals surface area contributed by atoms with Gasteiger partial charge in [0.05, 0.1) is 11.3 Å². The molecule has 0 unspecified atom stereocenters. The van der Waals surface area contributed by atoms with Gasteiger partial charge in [0.15, 0.2) is 0 Å². The highest BCUT2D eigenvalue weighted by molar-refractivity contribution is 6.14. The summed E-state index contributed by atoms with van der Waals surface area (Å²) in [5.41, 5.74) is 1.66. The van der Waals surface area contributed by atoms with Gasteiger partial charge in [0.1, 0.15) is 12.6 Å². The third-order valence-electron chi connectivity index (χ3n) is 5.86. The van der Waals surface area contributed by atoms with Crippen molar-refractivity contribution in [3.05, 3.63) is 72.3 Å². The fraction of sp³-hybridized carbons (Fsp3) is 0.208. The first-order valence-corrected chi connectivity index (χ1v) is 10.1. The van der Waals surface area contributed by atoms with Crippen LogP contribution in [0.5, 0.6) is 0 Å². The molecule has 2 aliphatic rings. The van der Waals surface area contributed by atoms with E-state index >= 15 is 0 Å². The van der Waals surface area contributed by atoms with Gasteiger partial charge in [0.2, 0.25) is 11.8 Å². The molecule has 0 spiro atoms. The smallest absolute Gasteiger partial charge is 0.256 e. The van der Waals surface area contributed by atoms with E-state index in [1.54, 1.807) is 29.2 Å². The zero-order valence-electron chi connectivity index (χ0n) is 16.4. The van der Waals surface area contributed by atoms with Crippen LogP contribution < -0.4 is 10.2 Å². The molecule has 2 aliphatic heterocycles. The molecule has 0 bridgehead atoms. The summed E-state index contributed by atoms with van der Waals surface area (Å²) in [5, 5.41) is 4.91. The first-order valence-electron chi connectivity index (χ1n) is 10.1. The van der Waals surface area contributed by atoms with Crippen LogP contribution in [-0.2, 0) is 9.59 Å². The van der Waals surface area contributed by atoms with Crippen LogP contribution in [0.4, 0.5) is 11.4 Å². The zero-order chi connectivity index (χ0) is 20.7. The van der Waals surface area contributed by atoms with Crippen molar-refractivity contribution in [3.8, 4) is 0 Å². The van der Waals surface area contributed by atoms with Crippen molar-refractivity contribution in [2.45, 2.75) is 18.9 Å². The van der Waals surface area contributed by atoms with E-state index in [1.807, 2.05) is 42.5 Å². The van der Waals surface area contributed by atoms with Gasteiger partial charge in [-0.05, 0) is 36.4 Å². The van der Waals surface area contributed by atoms with E-state index in [2.05, 4.69) is 5.32 Å². The summed E-state index contributed by atoms with van der Waals surface area (Å²) in [5.74, 6) is -0.634. The number of carbonyl (C=O) groups is 3. The molecule has 0 aliphatic carbocycles. The Bertz CT molecular complexity index is 1170. The van der Waals surface area contributed by atoms with Crippen molar-refractivity contribution < 1.29 is 14.4 Å². The first-order chi connectivity index (χ1) is 14.6. The first kappa shape index (κ1) is 18.4. The van der Waals surface area contributed by atoms with E-state index in [-0.39, 0.29) is 24.3 Å². The molecule has 6 heteroatoms. The lowest BCUT2D eigenvalue weighted by Crippen LogP contribution is -2.47. The van der Waals surface area contributed by atoms with Crippen LogP contribution in [0.15, 0.2) is 66.7 Å². The van der Waals surface area contributed by atoms with Crippen LogP contribution in [0.1, 0.15) is 23.2 Å². The number of rotatable bonds is 3. The Morgan fingerprint density at radius 3 is 2.63 bits per heavy atom. The Morgan fingerprint density at radius 2 is 1.73 bits per heavy atom. The summed E-state index contributed by atoms with van der Waals surface area (Å²) in [6.07, 6.45) is 1.42. The third kappa shape index (κ3) is 3.01. The summed E-state index contributed by atoms with van der Waals surface area (Å²) >= 11 is 0. The van der Waals surface area contributed by atoms with Gasteiger partial charge < -0.3 is 15.1 Å². The highest BCUT2D eigenvalue weighted by Crippen LogP contribution is 2.32. The van der Waals surface area contributed by atoms with E-state index < -0.39 is 6.04 Å². The average Bonchev–Trinajstić information content (AvgIpc) is 3.24. The molecule has 5 rings (SSSR count). The number of hydrogen-bond acceptors (Lipinski definition) is 3. The maximum absolute atomic E-state index is 13.3. The Balaban J connectivity index is 1.47. The lowest BCUT2D eigenvalue weighted by molar-refractivity contribution is -0.124. The lowest BCUT2D eigenvalue weighted by Gasteiger charge is -2.25. The number of nitrogens with zero attached hydrogens (tertiary/aromatic N) is 2. The molecule has 0 radical (unpaired) electrons. The van der Waals surface area contributed by atoms with Crippen LogP contribution in [0.3, 0.4) is 0 Å². The quantitative estimate of drug-likeness (QED) is 0.734. The number of amides is 3. The topological polar surface area (TPSA) is 69.7 Å². The van der Waals surface area contributed by atoms with Crippen LogP contribution in [0.25, 0.3) is 10.8 Å². The normalized spacial score (nSPS) is 18.2. The van der Waals surface area contributed by atoms with Crippen molar-refractivity contribution in [2.24, 2.45) is 0 Å². The molecular formula is C24H21N3O3. The number of fused-ring (bicyclic) bond motifs is 3. The molecular weight excluding hydrogens is 378 g/mol. The van der Waals surface area contributed by atoms with Crippen molar-refractivity contribution in [1.82, 2.24) is 4.90 Å². The molecule has 3 aromatic carbocycles. The maximum Gasteiger partial charge on any atom is 0.256 e. The minimum absolute atomic E-state index is 0.140. The Labute approximate surface area is 174 Å². The lowest BCUT2D eigenvalue weighted by atomic mass is 10.1. The molecule has 1 saturated heterocycles. The monoisotopic (exact) mass is 399 g/mol. The molecule has 0 aromatic heterocycles. The third-order valence-corrected chi connectivity index (χ3v) is 5.86. The number of hydrogen-bond donors (Lipinski definition) is 1. The summed E-state index contributed by atoms with van der Waals surface area (Å²) in [6, 6.07) is 20.1. The van der Waals surface area contributed by atoms with Crippen molar-refractivity contribution >= 4 is 39.9 Å². The summed E-state index contributed by atoms with van der Waals surface area (Å²) in [6.45, 7) is 0.427. The number of anilines is 2. The summed E-state index contributed by atoms with van der Waals surface area (Å²) in [4.78, 5) is 42.3. The molecule has 150 valence electrons. The van der Waals surface area contributed by atoms with E-state index in [0.29, 0.717) is 29.9 Å². The van der Waals surface area contributed by atoms with E-state index in [1.165, 1.54) is 4.90 Å². The van der Waals surface area contributed by atoms with Crippen LogP contribution in [-0.4, -0.2) is 41.8 Å². The Kier molecular flexibility index (Phi) is 4.47. The summed E-state index contributed by atoms with van der Waals surface area (Å²) < 4.78 is 0. The van der Waals surface area contributed by atoms with E-state index in [0.717, 1.165) is 17.2 Å². The molecule has 2 heterocycles. The molecule has 6 nitrogen and oxygen atoms in total. The van der Waals surface area contributed by atoms with Gasteiger partial charge in [0.25, 0.3) is 5.91 Å². The minimum atomic E-state index is -0.504. The largest absolute Gasteiger partial charge is 0.327 e. The second kappa shape index (κ2) is 7.30. The predicted molar refractivity (Wildman–Crippen MR) is 115 cm³/mol. The highest BCUT2D eigenvalue weighted by Gasteiger charge is 2.42. The maximum atomic E-state index is 13.3. The van der Waals surface area contributed by atoms with Gasteiger partial charge in [0, 0.05) is 17.6 Å². The average molecular weight is 399 g/mol. The van der Waals surface area contributed by atoms with E-state index in [9.17, 15) is 14.4 Å². The second-order valence-corrected chi connectivity index (χ2v) is 7.67. The van der Waals surface area contributed by atoms with Crippen LogP contribution >= 0.6 is 0 Å². The molecule has 1 atom stereocenters. The van der Waals surface area contributed by atoms with Crippen LogP contribution in [0, 0.1) is 0 Å². The fourth-order valence-electron chi connectivity index (χ4n) is 4.44. The van der Waals surface area contributed by atoms with Crippen molar-refractivity contribution in [1.29, 1.82) is 0 Å². The van der Waals surface area contributed by atoms with Gasteiger partial charge in [-0.25, -0.2) is 0 Å². The van der Waals surface area contributed by atoms with Gasteiger partial charge in [-0.2, -0.15) is 0 Å². The van der Waals surface area contributed by atoms with E-state index in [4.69, 9.17) is 0 Å². The molecule has 1 fully saturated rings. The molecule has 1 N–H and O–H groups in total. The Hall–Kier alpha value is -3.67. The van der Waals surface area contributed by atoms with Crippen molar-refractivity contribution in [3.63, 3.8) is 0 Å². The molecule has 0 saturated carbocycles. The van der Waals surface area contributed by atoms with Crippen molar-refractivity contribution in [2.75, 3.05) is 23.3 Å². The molecule has 30 heavy (non-hydrogen) atoms. The van der Waals surface area contributed by atoms with Gasteiger partial charge in [-0.3, -0.25) is 14.4 Å². The summed E-state index contributed by atoms with van der Waals surface area (Å²) in [7, 11) is 0. The number of para-hydroxylation sites is 1. The number of benzene rings is 3. The Morgan fingerprint density at radius 1 is 0.967 bits per heavy atom. The minimum Gasteiger partial charge on any atom is -0.327 e. The highest BCUT2D eigenvalue weighted by atomic mass is 16.2. The second-order valence-electron chi connectivity index (χ2n) is 7.67. The van der Waals surface area contributed by atoms with Gasteiger partial charge >= 0.3 is 0 Å². The number of carbonyl (C=O) groups excluding carboxylic acids is 3. The SMILES string of the molecule is O=C(CN1C(=O)[C@H]2CCCN2C(=O)c2ccccc21)Nc1cccc2ccccc12. The molecule has 3 amide bonds.